The van der Waals surface area contributed by atoms with Gasteiger partial charge in [0, 0.05) is 6.20 Å². The zero-order valence-electron chi connectivity index (χ0n) is 9.70. The van der Waals surface area contributed by atoms with E-state index in [9.17, 15) is 4.79 Å². The van der Waals surface area contributed by atoms with Gasteiger partial charge in [0.2, 0.25) is 0 Å². The lowest BCUT2D eigenvalue weighted by Crippen LogP contribution is -2.00. The van der Waals surface area contributed by atoms with Crippen LogP contribution in [-0.2, 0) is 6.42 Å². The van der Waals surface area contributed by atoms with Gasteiger partial charge in [0.05, 0.1) is 5.69 Å². The van der Waals surface area contributed by atoms with Crippen LogP contribution >= 0.6 is 0 Å². The van der Waals surface area contributed by atoms with Crippen molar-refractivity contribution in [3.63, 3.8) is 0 Å². The Bertz CT molecular complexity index is 527. The second-order valence-corrected chi connectivity index (χ2v) is 4.10. The van der Waals surface area contributed by atoms with Crippen LogP contribution in [0.4, 0.5) is 0 Å². The highest BCUT2D eigenvalue weighted by molar-refractivity contribution is 5.58. The Morgan fingerprint density at radius 1 is 1.24 bits per heavy atom. The number of imidazole rings is 1. The number of benzene rings is 1. The van der Waals surface area contributed by atoms with Gasteiger partial charge in [0.25, 0.3) is 0 Å². The first kappa shape index (κ1) is 11.7. The molecule has 0 aliphatic heterocycles. The topological polar surface area (TPSA) is 74.7 Å². The first-order chi connectivity index (χ1) is 8.29. The predicted octanol–water partition coefficient (Wildman–Crippen LogP) is 1.65. The third-order valence-electron chi connectivity index (χ3n) is 2.75. The Kier molecular flexibility index (Phi) is 3.77. The van der Waals surface area contributed by atoms with Gasteiger partial charge in [-0.1, -0.05) is 18.2 Å². The molecule has 0 amide bonds. The minimum atomic E-state index is -0.173. The molecule has 0 saturated heterocycles. The van der Waals surface area contributed by atoms with Crippen LogP contribution in [0.5, 0.6) is 0 Å². The molecule has 0 saturated carbocycles. The van der Waals surface area contributed by atoms with Crippen LogP contribution in [0.3, 0.4) is 0 Å². The summed E-state index contributed by atoms with van der Waals surface area (Å²) < 4.78 is 0. The number of hydrogen-bond donors (Lipinski definition) is 3. The van der Waals surface area contributed by atoms with E-state index in [0.29, 0.717) is 0 Å². The first-order valence-corrected chi connectivity index (χ1v) is 5.86. The van der Waals surface area contributed by atoms with E-state index in [2.05, 4.69) is 22.1 Å². The van der Waals surface area contributed by atoms with Crippen molar-refractivity contribution in [3.8, 4) is 11.3 Å². The van der Waals surface area contributed by atoms with Crippen LogP contribution in [0.2, 0.25) is 0 Å². The van der Waals surface area contributed by atoms with E-state index in [4.69, 9.17) is 5.73 Å². The monoisotopic (exact) mass is 231 g/mol. The van der Waals surface area contributed by atoms with Gasteiger partial charge < -0.3 is 15.7 Å². The van der Waals surface area contributed by atoms with E-state index in [1.807, 2.05) is 12.1 Å². The van der Waals surface area contributed by atoms with Crippen molar-refractivity contribution in [2.24, 2.45) is 5.73 Å². The molecule has 0 radical (unpaired) electrons. The Labute approximate surface area is 99.9 Å². The SMILES string of the molecule is NCCCCc1cccc(-c2c[nH]c(=O)[nH]2)c1. The summed E-state index contributed by atoms with van der Waals surface area (Å²) >= 11 is 0. The summed E-state index contributed by atoms with van der Waals surface area (Å²) in [7, 11) is 0. The van der Waals surface area contributed by atoms with Crippen LogP contribution < -0.4 is 11.4 Å². The molecule has 1 heterocycles. The first-order valence-electron chi connectivity index (χ1n) is 5.86. The van der Waals surface area contributed by atoms with Crippen molar-refractivity contribution in [1.82, 2.24) is 9.97 Å². The summed E-state index contributed by atoms with van der Waals surface area (Å²) in [6.07, 6.45) is 4.87. The molecule has 0 aliphatic rings. The molecule has 0 aliphatic carbocycles. The van der Waals surface area contributed by atoms with Gasteiger partial charge in [-0.25, -0.2) is 4.79 Å². The van der Waals surface area contributed by atoms with Gasteiger partial charge in [-0.15, -0.1) is 0 Å². The number of aromatic amines is 2. The van der Waals surface area contributed by atoms with Crippen molar-refractivity contribution in [2.75, 3.05) is 6.54 Å². The lowest BCUT2D eigenvalue weighted by Gasteiger charge is -2.03. The number of nitrogens with two attached hydrogens (primary N) is 1. The van der Waals surface area contributed by atoms with E-state index in [-0.39, 0.29) is 5.69 Å². The van der Waals surface area contributed by atoms with Crippen molar-refractivity contribution < 1.29 is 0 Å². The summed E-state index contributed by atoms with van der Waals surface area (Å²) in [5.74, 6) is 0. The summed E-state index contributed by atoms with van der Waals surface area (Å²) in [5.41, 5.74) is 8.44. The molecule has 0 atom stereocenters. The van der Waals surface area contributed by atoms with Gasteiger partial charge in [-0.3, -0.25) is 0 Å². The average molecular weight is 231 g/mol. The van der Waals surface area contributed by atoms with E-state index < -0.39 is 0 Å². The smallest absolute Gasteiger partial charge is 0.323 e. The lowest BCUT2D eigenvalue weighted by molar-refractivity contribution is 0.745. The molecule has 1 aromatic carbocycles. The number of rotatable bonds is 5. The Balaban J connectivity index is 2.14. The summed E-state index contributed by atoms with van der Waals surface area (Å²) in [4.78, 5) is 16.4. The third-order valence-corrected chi connectivity index (χ3v) is 2.75. The quantitative estimate of drug-likeness (QED) is 0.684. The Morgan fingerprint density at radius 3 is 2.82 bits per heavy atom. The molecule has 4 nitrogen and oxygen atoms in total. The minimum absolute atomic E-state index is 0.173. The summed E-state index contributed by atoms with van der Waals surface area (Å²) in [5, 5.41) is 0. The highest BCUT2D eigenvalue weighted by atomic mass is 16.1. The normalized spacial score (nSPS) is 10.6. The molecular weight excluding hydrogens is 214 g/mol. The molecule has 17 heavy (non-hydrogen) atoms. The fraction of sp³-hybridized carbons (Fsp3) is 0.308. The maximum atomic E-state index is 11.0. The molecule has 0 fully saturated rings. The third kappa shape index (κ3) is 3.07. The standard InChI is InChI=1S/C13H17N3O/c14-7-2-1-4-10-5-3-6-11(8-10)12-9-15-13(17)16-12/h3,5-6,8-9H,1-2,4,7,14H2,(H2,15,16,17). The van der Waals surface area contributed by atoms with Crippen molar-refractivity contribution in [1.29, 1.82) is 0 Å². The summed E-state index contributed by atoms with van der Waals surface area (Å²) in [6.45, 7) is 0.741. The van der Waals surface area contributed by atoms with E-state index in [0.717, 1.165) is 37.1 Å². The molecule has 0 bridgehead atoms. The molecule has 0 unspecified atom stereocenters. The second-order valence-electron chi connectivity index (χ2n) is 4.10. The van der Waals surface area contributed by atoms with Gasteiger partial charge in [0.15, 0.2) is 0 Å². The number of aromatic nitrogens is 2. The average Bonchev–Trinajstić information content (AvgIpc) is 2.77. The van der Waals surface area contributed by atoms with Gasteiger partial charge in [-0.05, 0) is 43.0 Å². The van der Waals surface area contributed by atoms with E-state index in [1.54, 1.807) is 6.20 Å². The van der Waals surface area contributed by atoms with Crippen LogP contribution in [0.1, 0.15) is 18.4 Å². The maximum absolute atomic E-state index is 11.0. The molecule has 90 valence electrons. The molecule has 4 heteroatoms. The van der Waals surface area contributed by atoms with Crippen LogP contribution in [-0.4, -0.2) is 16.5 Å². The lowest BCUT2D eigenvalue weighted by atomic mass is 10.0. The number of unbranched alkanes of at least 4 members (excludes halogenated alkanes) is 1. The minimum Gasteiger partial charge on any atom is -0.330 e. The van der Waals surface area contributed by atoms with Crippen molar-refractivity contribution >= 4 is 0 Å². The number of H-pyrrole nitrogens is 2. The number of aryl methyl sites for hydroxylation is 1. The largest absolute Gasteiger partial charge is 0.330 e. The Morgan fingerprint density at radius 2 is 2.12 bits per heavy atom. The zero-order chi connectivity index (χ0) is 12.1. The van der Waals surface area contributed by atoms with Gasteiger partial charge in [0.1, 0.15) is 0 Å². The van der Waals surface area contributed by atoms with Crippen molar-refractivity contribution in [2.45, 2.75) is 19.3 Å². The molecule has 2 aromatic rings. The van der Waals surface area contributed by atoms with Gasteiger partial charge >= 0.3 is 5.69 Å². The fourth-order valence-electron chi connectivity index (χ4n) is 1.86. The highest BCUT2D eigenvalue weighted by Gasteiger charge is 2.01. The van der Waals surface area contributed by atoms with Crippen LogP contribution in [0, 0.1) is 0 Å². The summed E-state index contributed by atoms with van der Waals surface area (Å²) in [6, 6.07) is 8.21. The van der Waals surface area contributed by atoms with Crippen LogP contribution in [0.25, 0.3) is 11.3 Å². The molecular formula is C13H17N3O. The zero-order valence-corrected chi connectivity index (χ0v) is 9.70. The van der Waals surface area contributed by atoms with Crippen LogP contribution in [0.15, 0.2) is 35.3 Å². The van der Waals surface area contributed by atoms with E-state index in [1.165, 1.54) is 5.56 Å². The fourth-order valence-corrected chi connectivity index (χ4v) is 1.86. The highest BCUT2D eigenvalue weighted by Crippen LogP contribution is 2.17. The molecule has 4 N–H and O–H groups in total. The predicted molar refractivity (Wildman–Crippen MR) is 68.8 cm³/mol. The molecule has 0 spiro atoms. The van der Waals surface area contributed by atoms with Gasteiger partial charge in [-0.2, -0.15) is 0 Å². The maximum Gasteiger partial charge on any atom is 0.323 e. The van der Waals surface area contributed by atoms with Crippen molar-refractivity contribution in [3.05, 3.63) is 46.5 Å². The Hall–Kier alpha value is -1.81. The second kappa shape index (κ2) is 5.50. The molecule has 1 aromatic heterocycles. The molecule has 2 rings (SSSR count). The van der Waals surface area contributed by atoms with E-state index >= 15 is 0 Å². The number of nitrogens with one attached hydrogen (secondary N) is 2. The number of hydrogen-bond acceptors (Lipinski definition) is 2.